The van der Waals surface area contributed by atoms with E-state index >= 15 is 0 Å². The van der Waals surface area contributed by atoms with Gasteiger partial charge in [0.05, 0.1) is 5.75 Å². The Labute approximate surface area is 92.3 Å². The van der Waals surface area contributed by atoms with Crippen molar-refractivity contribution in [2.45, 2.75) is 23.8 Å². The number of nitrogens with one attached hydrogen (secondary N) is 1. The lowest BCUT2D eigenvalue weighted by Crippen LogP contribution is -2.26. The second-order valence-electron chi connectivity index (χ2n) is 3.56. The average Bonchev–Trinajstić information content (AvgIpc) is 3.00. The van der Waals surface area contributed by atoms with E-state index in [1.54, 1.807) is 18.2 Å². The molecule has 0 saturated heterocycles. The molecule has 1 fully saturated rings. The monoisotopic (exact) mass is 225 g/mol. The highest BCUT2D eigenvalue weighted by atomic mass is 32.2. The lowest BCUT2D eigenvalue weighted by molar-refractivity contribution is -0.118. The minimum Gasteiger partial charge on any atom is -0.353 e. The zero-order valence-electron chi connectivity index (χ0n) is 8.20. The molecule has 1 saturated carbocycles. The van der Waals surface area contributed by atoms with Gasteiger partial charge in [0.25, 0.3) is 0 Å². The van der Waals surface area contributed by atoms with Gasteiger partial charge in [0.15, 0.2) is 0 Å². The number of rotatable bonds is 4. The Balaban J connectivity index is 1.81. The Kier molecular flexibility index (Phi) is 3.26. The summed E-state index contributed by atoms with van der Waals surface area (Å²) >= 11 is 1.24. The largest absolute Gasteiger partial charge is 0.353 e. The summed E-state index contributed by atoms with van der Waals surface area (Å²) in [4.78, 5) is 11.9. The minimum atomic E-state index is -0.262. The fourth-order valence-corrected chi connectivity index (χ4v) is 1.95. The molecule has 0 aromatic heterocycles. The van der Waals surface area contributed by atoms with Crippen molar-refractivity contribution in [1.82, 2.24) is 5.32 Å². The van der Waals surface area contributed by atoms with Gasteiger partial charge in [0.1, 0.15) is 5.82 Å². The third-order valence-electron chi connectivity index (χ3n) is 2.14. The van der Waals surface area contributed by atoms with E-state index in [-0.39, 0.29) is 17.5 Å². The molecule has 1 N–H and O–H groups in total. The van der Waals surface area contributed by atoms with Gasteiger partial charge < -0.3 is 5.32 Å². The van der Waals surface area contributed by atoms with E-state index in [1.165, 1.54) is 17.8 Å². The van der Waals surface area contributed by atoms with Crippen LogP contribution in [0.15, 0.2) is 29.2 Å². The third-order valence-corrected chi connectivity index (χ3v) is 3.19. The van der Waals surface area contributed by atoms with Gasteiger partial charge >= 0.3 is 0 Å². The lowest BCUT2D eigenvalue weighted by Gasteiger charge is -2.03. The smallest absolute Gasteiger partial charge is 0.230 e. The molecule has 0 spiro atoms. The highest BCUT2D eigenvalue weighted by molar-refractivity contribution is 8.00. The van der Waals surface area contributed by atoms with Crippen LogP contribution in [-0.4, -0.2) is 17.7 Å². The molecule has 15 heavy (non-hydrogen) atoms. The SMILES string of the molecule is O=C(CSc1ccccc1F)NC1CC1. The fourth-order valence-electron chi connectivity index (χ4n) is 1.20. The predicted octanol–water partition coefficient (Wildman–Crippen LogP) is 2.20. The van der Waals surface area contributed by atoms with Gasteiger partial charge in [-0.25, -0.2) is 4.39 Å². The zero-order valence-corrected chi connectivity index (χ0v) is 9.02. The van der Waals surface area contributed by atoms with E-state index in [4.69, 9.17) is 0 Å². The second-order valence-corrected chi connectivity index (χ2v) is 4.58. The minimum absolute atomic E-state index is 0.00856. The highest BCUT2D eigenvalue weighted by Crippen LogP contribution is 2.22. The number of carbonyl (C=O) groups is 1. The summed E-state index contributed by atoms with van der Waals surface area (Å²) in [5.74, 6) is 0.0183. The van der Waals surface area contributed by atoms with E-state index in [9.17, 15) is 9.18 Å². The summed E-state index contributed by atoms with van der Waals surface area (Å²) in [6.07, 6.45) is 2.16. The molecule has 0 atom stereocenters. The summed E-state index contributed by atoms with van der Waals surface area (Å²) in [6.45, 7) is 0. The number of benzene rings is 1. The van der Waals surface area contributed by atoms with Crippen LogP contribution in [-0.2, 0) is 4.79 Å². The molecule has 2 nitrogen and oxygen atoms in total. The standard InChI is InChI=1S/C11H12FNOS/c12-9-3-1-2-4-10(9)15-7-11(14)13-8-5-6-8/h1-4,8H,5-7H2,(H,13,14). The molecule has 0 aliphatic heterocycles. The molecule has 0 heterocycles. The molecule has 2 rings (SSSR count). The van der Waals surface area contributed by atoms with E-state index in [2.05, 4.69) is 5.32 Å². The van der Waals surface area contributed by atoms with Gasteiger partial charge in [-0.15, -0.1) is 11.8 Å². The maximum absolute atomic E-state index is 13.2. The Hall–Kier alpha value is -1.03. The van der Waals surface area contributed by atoms with Gasteiger partial charge in [-0.3, -0.25) is 4.79 Å². The first-order valence-electron chi connectivity index (χ1n) is 4.92. The predicted molar refractivity (Wildman–Crippen MR) is 58.3 cm³/mol. The quantitative estimate of drug-likeness (QED) is 0.796. The van der Waals surface area contributed by atoms with Gasteiger partial charge in [0.2, 0.25) is 5.91 Å². The van der Waals surface area contributed by atoms with E-state index in [1.807, 2.05) is 0 Å². The summed E-state index contributed by atoms with van der Waals surface area (Å²) in [7, 11) is 0. The normalized spacial score (nSPS) is 15.0. The number of thioether (sulfide) groups is 1. The van der Waals surface area contributed by atoms with Crippen LogP contribution in [0.3, 0.4) is 0 Å². The first-order valence-corrected chi connectivity index (χ1v) is 5.91. The molecule has 0 unspecified atom stereocenters. The van der Waals surface area contributed by atoms with Crippen molar-refractivity contribution in [3.8, 4) is 0 Å². The van der Waals surface area contributed by atoms with Crippen molar-refractivity contribution in [1.29, 1.82) is 0 Å². The van der Waals surface area contributed by atoms with Crippen LogP contribution in [0, 0.1) is 5.82 Å². The van der Waals surface area contributed by atoms with Crippen molar-refractivity contribution in [3.05, 3.63) is 30.1 Å². The molecular weight excluding hydrogens is 213 g/mol. The van der Waals surface area contributed by atoms with Crippen LogP contribution < -0.4 is 5.32 Å². The van der Waals surface area contributed by atoms with Crippen LogP contribution in [0.25, 0.3) is 0 Å². The molecule has 1 amide bonds. The Bertz CT molecular complexity index is 365. The van der Waals surface area contributed by atoms with Crippen molar-refractivity contribution in [2.75, 3.05) is 5.75 Å². The van der Waals surface area contributed by atoms with Crippen molar-refractivity contribution < 1.29 is 9.18 Å². The van der Waals surface area contributed by atoms with Gasteiger partial charge in [-0.2, -0.15) is 0 Å². The molecule has 1 aliphatic rings. The van der Waals surface area contributed by atoms with Crippen LogP contribution in [0.1, 0.15) is 12.8 Å². The molecule has 0 radical (unpaired) electrons. The van der Waals surface area contributed by atoms with Crippen LogP contribution in [0.5, 0.6) is 0 Å². The molecule has 1 aromatic rings. The van der Waals surface area contributed by atoms with Gasteiger partial charge in [0, 0.05) is 10.9 Å². The second kappa shape index (κ2) is 4.66. The summed E-state index contributed by atoms with van der Waals surface area (Å²) in [5, 5.41) is 2.86. The molecule has 80 valence electrons. The Morgan fingerprint density at radius 3 is 2.87 bits per heavy atom. The number of amides is 1. The number of halogens is 1. The maximum atomic E-state index is 13.2. The van der Waals surface area contributed by atoms with Crippen LogP contribution in [0.4, 0.5) is 4.39 Å². The van der Waals surface area contributed by atoms with Crippen LogP contribution >= 0.6 is 11.8 Å². The van der Waals surface area contributed by atoms with Gasteiger partial charge in [-0.1, -0.05) is 12.1 Å². The zero-order chi connectivity index (χ0) is 10.7. The topological polar surface area (TPSA) is 29.1 Å². The summed E-state index contributed by atoms with van der Waals surface area (Å²) in [6, 6.07) is 6.87. The first kappa shape index (κ1) is 10.5. The Morgan fingerprint density at radius 1 is 1.47 bits per heavy atom. The number of carbonyl (C=O) groups excluding carboxylic acids is 1. The number of hydrogen-bond donors (Lipinski definition) is 1. The summed E-state index contributed by atoms with van der Waals surface area (Å²) < 4.78 is 13.2. The molecular formula is C11H12FNOS. The Morgan fingerprint density at radius 2 is 2.20 bits per heavy atom. The lowest BCUT2D eigenvalue weighted by atomic mass is 10.3. The van der Waals surface area contributed by atoms with Crippen molar-refractivity contribution in [3.63, 3.8) is 0 Å². The maximum Gasteiger partial charge on any atom is 0.230 e. The van der Waals surface area contributed by atoms with E-state index in [0.29, 0.717) is 10.9 Å². The van der Waals surface area contributed by atoms with Crippen LogP contribution in [0.2, 0.25) is 0 Å². The van der Waals surface area contributed by atoms with E-state index < -0.39 is 0 Å². The van der Waals surface area contributed by atoms with Crippen molar-refractivity contribution >= 4 is 17.7 Å². The fraction of sp³-hybridized carbons (Fsp3) is 0.364. The third kappa shape index (κ3) is 3.23. The van der Waals surface area contributed by atoms with Crippen molar-refractivity contribution in [2.24, 2.45) is 0 Å². The van der Waals surface area contributed by atoms with E-state index in [0.717, 1.165) is 12.8 Å². The molecule has 4 heteroatoms. The summed E-state index contributed by atoms with van der Waals surface area (Å²) in [5.41, 5.74) is 0. The first-order chi connectivity index (χ1) is 7.25. The highest BCUT2D eigenvalue weighted by Gasteiger charge is 2.23. The average molecular weight is 225 g/mol. The molecule has 0 bridgehead atoms. The van der Waals surface area contributed by atoms with Gasteiger partial charge in [-0.05, 0) is 25.0 Å². The molecule has 1 aromatic carbocycles. The number of hydrogen-bond acceptors (Lipinski definition) is 2. The molecule has 1 aliphatic carbocycles.